The monoisotopic (exact) mass is 636 g/mol. The van der Waals surface area contributed by atoms with Crippen molar-refractivity contribution >= 4 is 10.8 Å². The molecule has 0 saturated heterocycles. The number of fused-ring (bicyclic) bond motifs is 4. The average Bonchev–Trinajstić information content (AvgIpc) is 3.00. The van der Waals surface area contributed by atoms with E-state index in [-0.39, 0.29) is 0 Å². The molecule has 2 aromatic carbocycles. The van der Waals surface area contributed by atoms with Gasteiger partial charge in [0, 0.05) is 38.7 Å². The smallest absolute Gasteiger partial charge is 0.213 e. The third-order valence-corrected chi connectivity index (χ3v) is 8.17. The lowest BCUT2D eigenvalue weighted by Gasteiger charge is -2.21. The summed E-state index contributed by atoms with van der Waals surface area (Å²) < 4.78 is 27.9. The number of rotatable bonds is 20. The summed E-state index contributed by atoms with van der Waals surface area (Å²) in [7, 11) is 16.8. The minimum atomic E-state index is 0.641. The number of hydrogen-bond donors (Lipinski definition) is 0. The average molecular weight is 637 g/mol. The van der Waals surface area contributed by atoms with Crippen molar-refractivity contribution in [2.45, 2.75) is 38.6 Å². The first-order valence-corrected chi connectivity index (χ1v) is 16.9. The van der Waals surface area contributed by atoms with Gasteiger partial charge in [-0.05, 0) is 117 Å². The molecule has 4 rings (SSSR count). The van der Waals surface area contributed by atoms with Gasteiger partial charge in [-0.1, -0.05) is 0 Å². The summed E-state index contributed by atoms with van der Waals surface area (Å²) >= 11 is 0. The van der Waals surface area contributed by atoms with Crippen LogP contribution in [-0.2, 0) is 13.0 Å². The number of ether oxygens (including phenoxy) is 4. The first kappa shape index (κ1) is 35.7. The maximum atomic E-state index is 6.49. The van der Waals surface area contributed by atoms with Gasteiger partial charge in [-0.2, -0.15) is 4.57 Å². The summed E-state index contributed by atoms with van der Waals surface area (Å²) in [6.45, 7) is 7.43. The Balaban J connectivity index is 1.65. The van der Waals surface area contributed by atoms with Gasteiger partial charge in [0.1, 0.15) is 0 Å². The molecule has 0 bridgehead atoms. The third kappa shape index (κ3) is 10.5. The summed E-state index contributed by atoms with van der Waals surface area (Å²) in [5.41, 5.74) is 3.68. The van der Waals surface area contributed by atoms with E-state index in [1.807, 2.05) is 0 Å². The second-order valence-electron chi connectivity index (χ2n) is 13.5. The normalized spacial score (nSPS) is 12.7. The zero-order valence-electron chi connectivity index (χ0n) is 29.7. The highest BCUT2D eigenvalue weighted by atomic mass is 16.5. The lowest BCUT2D eigenvalue weighted by atomic mass is 9.95. The van der Waals surface area contributed by atoms with E-state index in [2.05, 4.69) is 117 Å². The SMILES string of the molecule is CN(C)CCCOc1cc2c(cc1OCCCN(C)C)-c1cc3ccc(OCCCN(C)C)c(OCCCN(C)C)c3c[n+]1CC2. The molecule has 0 aliphatic carbocycles. The summed E-state index contributed by atoms with van der Waals surface area (Å²) in [5, 5.41) is 2.22. The van der Waals surface area contributed by atoms with Crippen LogP contribution in [0.15, 0.2) is 36.5 Å². The second kappa shape index (κ2) is 17.7. The quantitative estimate of drug-likeness (QED) is 0.131. The molecule has 0 N–H and O–H groups in total. The molecule has 0 unspecified atom stereocenters. The molecule has 254 valence electrons. The molecule has 9 nitrogen and oxygen atoms in total. The van der Waals surface area contributed by atoms with Crippen molar-refractivity contribution < 1.29 is 23.5 Å². The van der Waals surface area contributed by atoms with Crippen molar-refractivity contribution in [2.75, 3.05) is 109 Å². The Bertz CT molecular complexity index is 1390. The van der Waals surface area contributed by atoms with Crippen LogP contribution in [0.5, 0.6) is 23.0 Å². The van der Waals surface area contributed by atoms with Gasteiger partial charge in [0.2, 0.25) is 5.69 Å². The maximum absolute atomic E-state index is 6.49. The van der Waals surface area contributed by atoms with Crippen molar-refractivity contribution in [1.82, 2.24) is 19.6 Å². The molecule has 46 heavy (non-hydrogen) atoms. The summed E-state index contributed by atoms with van der Waals surface area (Å²) in [4.78, 5) is 8.75. The van der Waals surface area contributed by atoms with E-state index in [1.165, 1.54) is 16.8 Å². The fourth-order valence-electron chi connectivity index (χ4n) is 5.75. The van der Waals surface area contributed by atoms with Crippen LogP contribution in [0.1, 0.15) is 31.2 Å². The first-order valence-electron chi connectivity index (χ1n) is 16.9. The number of hydrogen-bond acceptors (Lipinski definition) is 8. The molecule has 9 heteroatoms. The standard InChI is InChI=1S/C37H58N5O4/c1-38(2)16-9-21-43-34-14-13-29-25-33-31-27-36(45-23-11-18-40(5)6)35(44-22-10-17-39(3)4)26-30(31)15-20-42(33)28-32(29)37(34)46-24-12-19-41(7)8/h13-14,25-28H,9-12,15-24H2,1-8H3/q+1. The van der Waals surface area contributed by atoms with Crippen LogP contribution in [-0.4, -0.2) is 129 Å². The highest BCUT2D eigenvalue weighted by Gasteiger charge is 2.28. The predicted octanol–water partition coefficient (Wildman–Crippen LogP) is 4.67. The Morgan fingerprint density at radius 3 is 1.63 bits per heavy atom. The molecule has 0 spiro atoms. The van der Waals surface area contributed by atoms with Gasteiger partial charge in [0.15, 0.2) is 35.7 Å². The minimum Gasteiger partial charge on any atom is -0.490 e. The molecule has 0 atom stereocenters. The van der Waals surface area contributed by atoms with E-state index in [9.17, 15) is 0 Å². The molecule has 1 aromatic heterocycles. The molecular formula is C37H58N5O4+. The highest BCUT2D eigenvalue weighted by Crippen LogP contribution is 2.40. The van der Waals surface area contributed by atoms with Crippen LogP contribution in [0.3, 0.4) is 0 Å². The van der Waals surface area contributed by atoms with Gasteiger partial charge in [0.05, 0.1) is 37.4 Å². The molecule has 1 aliphatic heterocycles. The van der Waals surface area contributed by atoms with E-state index in [1.54, 1.807) is 0 Å². The Morgan fingerprint density at radius 1 is 0.587 bits per heavy atom. The Morgan fingerprint density at radius 2 is 1.09 bits per heavy atom. The fourth-order valence-corrected chi connectivity index (χ4v) is 5.75. The Kier molecular flexibility index (Phi) is 13.8. The summed E-state index contributed by atoms with van der Waals surface area (Å²) in [6, 6.07) is 10.9. The van der Waals surface area contributed by atoms with Gasteiger partial charge in [-0.25, -0.2) is 0 Å². The van der Waals surface area contributed by atoms with Crippen LogP contribution >= 0.6 is 0 Å². The number of nitrogens with zero attached hydrogens (tertiary/aromatic N) is 5. The van der Waals surface area contributed by atoms with Crippen molar-refractivity contribution in [3.05, 3.63) is 42.1 Å². The van der Waals surface area contributed by atoms with Crippen molar-refractivity contribution in [1.29, 1.82) is 0 Å². The topological polar surface area (TPSA) is 53.8 Å². The zero-order valence-corrected chi connectivity index (χ0v) is 29.7. The van der Waals surface area contributed by atoms with Crippen molar-refractivity contribution in [3.63, 3.8) is 0 Å². The summed E-state index contributed by atoms with van der Waals surface area (Å²) in [6.07, 6.45) is 7.01. The lowest BCUT2D eigenvalue weighted by molar-refractivity contribution is -0.686. The van der Waals surface area contributed by atoms with Gasteiger partial charge in [-0.15, -0.1) is 0 Å². The van der Waals surface area contributed by atoms with Gasteiger partial charge in [-0.3, -0.25) is 0 Å². The molecule has 3 aromatic rings. The zero-order chi connectivity index (χ0) is 33.1. The molecule has 0 radical (unpaired) electrons. The number of aryl methyl sites for hydroxylation is 2. The van der Waals surface area contributed by atoms with E-state index < -0.39 is 0 Å². The van der Waals surface area contributed by atoms with Gasteiger partial charge < -0.3 is 38.5 Å². The van der Waals surface area contributed by atoms with Crippen molar-refractivity contribution in [2.24, 2.45) is 0 Å². The van der Waals surface area contributed by atoms with E-state index in [0.717, 1.165) is 98.6 Å². The number of benzene rings is 2. The van der Waals surface area contributed by atoms with Crippen molar-refractivity contribution in [3.8, 4) is 34.3 Å². The van der Waals surface area contributed by atoms with Gasteiger partial charge in [0.25, 0.3) is 0 Å². The first-order chi connectivity index (χ1) is 22.1. The molecule has 0 fully saturated rings. The molecule has 0 amide bonds. The highest BCUT2D eigenvalue weighted by molar-refractivity contribution is 5.91. The van der Waals surface area contributed by atoms with Crippen LogP contribution in [0.2, 0.25) is 0 Å². The molecular weight excluding hydrogens is 578 g/mol. The molecule has 1 aliphatic rings. The van der Waals surface area contributed by atoms with Crippen LogP contribution in [0, 0.1) is 0 Å². The van der Waals surface area contributed by atoms with E-state index >= 15 is 0 Å². The Labute approximate surface area is 277 Å². The predicted molar refractivity (Wildman–Crippen MR) is 188 cm³/mol. The number of aromatic nitrogens is 1. The third-order valence-electron chi connectivity index (χ3n) is 8.17. The van der Waals surface area contributed by atoms with Crippen LogP contribution < -0.4 is 23.5 Å². The van der Waals surface area contributed by atoms with E-state index in [0.29, 0.717) is 26.4 Å². The summed E-state index contributed by atoms with van der Waals surface area (Å²) in [5.74, 6) is 3.33. The van der Waals surface area contributed by atoms with Gasteiger partial charge >= 0.3 is 0 Å². The maximum Gasteiger partial charge on any atom is 0.213 e. The molecule has 2 heterocycles. The van der Waals surface area contributed by atoms with Crippen LogP contribution in [0.4, 0.5) is 0 Å². The fraction of sp³-hybridized carbons (Fsp3) is 0.595. The second-order valence-corrected chi connectivity index (χ2v) is 13.5. The Hall–Kier alpha value is -3.11. The van der Waals surface area contributed by atoms with Crippen LogP contribution in [0.25, 0.3) is 22.0 Å². The molecule has 0 saturated carbocycles. The largest absolute Gasteiger partial charge is 0.490 e. The number of pyridine rings is 1. The lowest BCUT2D eigenvalue weighted by Crippen LogP contribution is -2.40. The minimum absolute atomic E-state index is 0.641. The van der Waals surface area contributed by atoms with E-state index in [4.69, 9.17) is 18.9 Å².